The maximum Gasteiger partial charge on any atom is 0.246 e. The first kappa shape index (κ1) is 53.0. The SMILES string of the molecule is N=C(N)NCCC[C@@H]1NC(=O)[C@@H]2CCCN2C(=O)[C@H]2CCCN2C(=O)[C@H](Cc2ccccc2)NC(=O)[C@H](CO)NC(=O)[C@H](CN)NC(=O)[C@H](CCc2ccccc2)NC(=O)[C@H](Cc2ccccc2)NC1=O. The van der Waals surface area contributed by atoms with Crippen LogP contribution in [0.4, 0.5) is 0 Å². The third-order valence-electron chi connectivity index (χ3n) is 13.0. The van der Waals surface area contributed by atoms with Crippen LogP contribution in [0.25, 0.3) is 0 Å². The molecule has 380 valence electrons. The van der Waals surface area contributed by atoms with Gasteiger partial charge in [0.25, 0.3) is 0 Å². The first-order chi connectivity index (χ1) is 34.3. The predicted molar refractivity (Wildman–Crippen MR) is 261 cm³/mol. The fourth-order valence-electron chi connectivity index (χ4n) is 9.17. The van der Waals surface area contributed by atoms with Gasteiger partial charge in [-0.05, 0) is 68.1 Å². The molecule has 21 heteroatoms. The predicted octanol–water partition coefficient (Wildman–Crippen LogP) is -1.78. The maximum absolute atomic E-state index is 14.6. The summed E-state index contributed by atoms with van der Waals surface area (Å²) in [6, 6.07) is 16.6. The molecule has 0 bridgehead atoms. The summed E-state index contributed by atoms with van der Waals surface area (Å²) in [5.74, 6) is -6.13. The van der Waals surface area contributed by atoms with E-state index in [0.29, 0.717) is 30.4 Å². The second-order valence-electron chi connectivity index (χ2n) is 18.1. The number of hydrogen-bond acceptors (Lipinski definition) is 11. The highest BCUT2D eigenvalue weighted by Crippen LogP contribution is 2.26. The topological polar surface area (TPSA) is 323 Å². The van der Waals surface area contributed by atoms with Crippen molar-refractivity contribution >= 4 is 53.2 Å². The van der Waals surface area contributed by atoms with Crippen LogP contribution < -0.4 is 48.7 Å². The molecule has 0 saturated carbocycles. The third-order valence-corrected chi connectivity index (χ3v) is 13.0. The second-order valence-corrected chi connectivity index (χ2v) is 18.1. The van der Waals surface area contributed by atoms with Crippen molar-refractivity contribution in [2.75, 3.05) is 32.8 Å². The van der Waals surface area contributed by atoms with Crippen molar-refractivity contribution in [3.05, 3.63) is 108 Å². The van der Waals surface area contributed by atoms with Crippen LogP contribution in [-0.2, 0) is 57.6 Å². The van der Waals surface area contributed by atoms with Gasteiger partial charge >= 0.3 is 0 Å². The molecular weight excluding hydrogens is 913 g/mol. The minimum absolute atomic E-state index is 0.0150. The Kier molecular flexibility index (Phi) is 19.4. The second kappa shape index (κ2) is 26.0. The highest BCUT2D eigenvalue weighted by molar-refractivity contribution is 5.99. The van der Waals surface area contributed by atoms with Crippen molar-refractivity contribution < 1.29 is 43.5 Å². The van der Waals surface area contributed by atoms with Gasteiger partial charge in [-0.3, -0.25) is 43.8 Å². The van der Waals surface area contributed by atoms with E-state index in [9.17, 15) is 43.5 Å². The lowest BCUT2D eigenvalue weighted by atomic mass is 10.0. The molecule has 3 fully saturated rings. The molecule has 0 radical (unpaired) electrons. The number of benzene rings is 3. The number of aliphatic hydroxyl groups is 1. The molecule has 3 aliphatic heterocycles. The van der Waals surface area contributed by atoms with E-state index in [-0.39, 0.29) is 70.5 Å². The molecule has 0 spiro atoms. The molecule has 3 saturated heterocycles. The Morgan fingerprint density at radius 1 is 0.549 bits per heavy atom. The number of carbonyl (C=O) groups is 8. The summed E-state index contributed by atoms with van der Waals surface area (Å²) >= 11 is 0. The van der Waals surface area contributed by atoms with Crippen molar-refractivity contribution in [3.63, 3.8) is 0 Å². The monoisotopic (exact) mass is 979 g/mol. The van der Waals surface area contributed by atoms with Crippen LogP contribution in [0.3, 0.4) is 0 Å². The van der Waals surface area contributed by atoms with Gasteiger partial charge < -0.3 is 63.6 Å². The molecule has 8 atom stereocenters. The molecule has 0 aliphatic carbocycles. The van der Waals surface area contributed by atoms with E-state index in [1.165, 1.54) is 9.80 Å². The third kappa shape index (κ3) is 14.8. The summed E-state index contributed by atoms with van der Waals surface area (Å²) in [6.07, 6.45) is 1.98. The van der Waals surface area contributed by atoms with Gasteiger partial charge in [0.2, 0.25) is 47.3 Å². The number of nitrogens with zero attached hydrogens (tertiary/aromatic N) is 2. The average molecular weight is 979 g/mol. The summed E-state index contributed by atoms with van der Waals surface area (Å²) in [7, 11) is 0. The Morgan fingerprint density at radius 2 is 0.986 bits per heavy atom. The number of rotatable bonds is 13. The number of aryl methyl sites for hydroxylation is 1. The number of guanidine groups is 1. The van der Waals surface area contributed by atoms with Gasteiger partial charge in [0.05, 0.1) is 6.61 Å². The number of fused-ring (bicyclic) bond motifs is 2. The van der Waals surface area contributed by atoms with E-state index in [0.717, 1.165) is 5.56 Å². The first-order valence-electron chi connectivity index (χ1n) is 24.2. The Labute approximate surface area is 412 Å². The Morgan fingerprint density at radius 3 is 1.56 bits per heavy atom. The number of hydrogen-bond donors (Lipinski definition) is 11. The molecule has 8 amide bonds. The van der Waals surface area contributed by atoms with Crippen LogP contribution in [0.1, 0.15) is 61.6 Å². The van der Waals surface area contributed by atoms with Gasteiger partial charge in [-0.15, -0.1) is 0 Å². The van der Waals surface area contributed by atoms with E-state index < -0.39 is 109 Å². The van der Waals surface area contributed by atoms with Crippen molar-refractivity contribution in [1.82, 2.24) is 47.0 Å². The van der Waals surface area contributed by atoms with Crippen LogP contribution in [0, 0.1) is 5.41 Å². The van der Waals surface area contributed by atoms with Crippen molar-refractivity contribution in [2.24, 2.45) is 11.5 Å². The molecule has 3 aromatic carbocycles. The molecule has 13 N–H and O–H groups in total. The highest BCUT2D eigenvalue weighted by atomic mass is 16.3. The van der Waals surface area contributed by atoms with Crippen LogP contribution in [0.2, 0.25) is 0 Å². The molecule has 3 aliphatic rings. The summed E-state index contributed by atoms with van der Waals surface area (Å²) in [4.78, 5) is 117. The van der Waals surface area contributed by atoms with Gasteiger partial charge in [0.1, 0.15) is 48.3 Å². The zero-order valence-electron chi connectivity index (χ0n) is 39.6. The van der Waals surface area contributed by atoms with Crippen LogP contribution in [0.5, 0.6) is 0 Å². The smallest absolute Gasteiger partial charge is 0.246 e. The summed E-state index contributed by atoms with van der Waals surface area (Å²) < 4.78 is 0. The van der Waals surface area contributed by atoms with E-state index >= 15 is 0 Å². The Hall–Kier alpha value is -7.39. The van der Waals surface area contributed by atoms with Gasteiger partial charge in [-0.2, -0.15) is 0 Å². The quantitative estimate of drug-likeness (QED) is 0.0515. The minimum Gasteiger partial charge on any atom is -0.394 e. The summed E-state index contributed by atoms with van der Waals surface area (Å²) in [5.41, 5.74) is 13.7. The van der Waals surface area contributed by atoms with E-state index in [4.69, 9.17) is 16.9 Å². The lowest BCUT2D eigenvalue weighted by molar-refractivity contribution is -0.148. The fraction of sp³-hybridized carbons (Fsp3) is 0.460. The number of aliphatic hydroxyl groups excluding tert-OH is 1. The molecule has 71 heavy (non-hydrogen) atoms. The number of carbonyl (C=O) groups excluding carboxylic acids is 8. The van der Waals surface area contributed by atoms with E-state index in [1.54, 1.807) is 60.7 Å². The summed E-state index contributed by atoms with van der Waals surface area (Å²) in [6.45, 7) is -0.831. The molecule has 21 nitrogen and oxygen atoms in total. The number of amides is 8. The number of nitrogens with two attached hydrogens (primary N) is 2. The van der Waals surface area contributed by atoms with Crippen molar-refractivity contribution in [3.8, 4) is 0 Å². The lowest BCUT2D eigenvalue weighted by Crippen LogP contribution is -2.62. The Bertz CT molecular complexity index is 2340. The Balaban J connectivity index is 1.37. The zero-order valence-corrected chi connectivity index (χ0v) is 39.6. The fourth-order valence-corrected chi connectivity index (χ4v) is 9.17. The normalized spacial score (nSPS) is 25.3. The molecular formula is C50H66N12O9. The highest BCUT2D eigenvalue weighted by Gasteiger charge is 2.45. The van der Waals surface area contributed by atoms with Gasteiger partial charge in [-0.1, -0.05) is 91.0 Å². The molecule has 3 aromatic rings. The largest absolute Gasteiger partial charge is 0.394 e. The van der Waals surface area contributed by atoms with Crippen molar-refractivity contribution in [1.29, 1.82) is 5.41 Å². The lowest BCUT2D eigenvalue weighted by Gasteiger charge is -2.34. The van der Waals surface area contributed by atoms with Gasteiger partial charge in [0.15, 0.2) is 5.96 Å². The van der Waals surface area contributed by atoms with Crippen LogP contribution in [0.15, 0.2) is 91.0 Å². The molecule has 6 rings (SSSR count). The molecule has 0 aromatic heterocycles. The first-order valence-corrected chi connectivity index (χ1v) is 24.2. The van der Waals surface area contributed by atoms with E-state index in [2.05, 4.69) is 37.2 Å². The van der Waals surface area contributed by atoms with Crippen molar-refractivity contribution in [2.45, 2.75) is 113 Å². The van der Waals surface area contributed by atoms with Gasteiger partial charge in [-0.25, -0.2) is 0 Å². The van der Waals surface area contributed by atoms with Crippen LogP contribution >= 0.6 is 0 Å². The summed E-state index contributed by atoms with van der Waals surface area (Å²) in [5, 5.41) is 36.9. The minimum atomic E-state index is -1.62. The van der Waals surface area contributed by atoms with Crippen LogP contribution in [-0.4, -0.2) is 149 Å². The standard InChI is InChI=1S/C50H66N12O9/c51-29-38-45(67)60-39(30-63)46(68)58-37(28-33-17-8-3-9-18-33)48(70)62-26-12-21-41(62)49(71)61-25-11-20-40(61)47(69)56-34(19-10-24-54-50(52)53)42(64)57-36(27-32-15-6-2-7-16-32)44(66)55-35(43(65)59-38)23-22-31-13-4-1-5-14-31/h1-9,13-18,34-41,63H,10-12,19-30,51H2,(H,55,66)(H,56,69)(H,57,64)(H,58,68)(H,59,65)(H,60,67)(H4,52,53,54)/t34-,35-,36-,37-,38-,39-,40-,41+/m0/s1. The molecule has 3 heterocycles. The average Bonchev–Trinajstić information content (AvgIpc) is 4.08. The number of nitrogens with one attached hydrogen (secondary N) is 8. The van der Waals surface area contributed by atoms with E-state index in [1.807, 2.05) is 30.3 Å². The maximum atomic E-state index is 14.6. The molecule has 0 unspecified atom stereocenters. The zero-order chi connectivity index (χ0) is 50.9. The van der Waals surface area contributed by atoms with Gasteiger partial charge in [0, 0.05) is 39.0 Å².